The monoisotopic (exact) mass is 409 g/mol. The number of aromatic nitrogens is 2. The standard InChI is InChI=1S/C21H23N5O2S/c22-20(27)14-25-10-8-15(9-11-25)23-21(28)18-13-17(19-7-4-12-29-19)24-26(18)16-5-2-1-3-6-16/h1-7,12-13,15H,8-11,14H2,(H2,22,27)(H,23,28). The molecular weight excluding hydrogens is 386 g/mol. The average Bonchev–Trinajstić information content (AvgIpc) is 3.39. The second-order valence-corrected chi connectivity index (χ2v) is 8.08. The molecule has 1 fully saturated rings. The van der Waals surface area contributed by atoms with E-state index < -0.39 is 0 Å². The van der Waals surface area contributed by atoms with E-state index in [1.807, 2.05) is 58.8 Å². The zero-order chi connectivity index (χ0) is 20.2. The molecule has 2 aromatic heterocycles. The number of benzene rings is 1. The van der Waals surface area contributed by atoms with Crippen molar-refractivity contribution in [1.29, 1.82) is 0 Å². The van der Waals surface area contributed by atoms with E-state index in [1.165, 1.54) is 0 Å². The highest BCUT2D eigenvalue weighted by atomic mass is 32.1. The number of amides is 2. The van der Waals surface area contributed by atoms with Crippen molar-refractivity contribution in [2.24, 2.45) is 5.73 Å². The summed E-state index contributed by atoms with van der Waals surface area (Å²) in [6.07, 6.45) is 1.58. The Bertz CT molecular complexity index is 976. The van der Waals surface area contributed by atoms with Gasteiger partial charge in [0.1, 0.15) is 11.4 Å². The molecule has 1 saturated heterocycles. The van der Waals surface area contributed by atoms with Crippen molar-refractivity contribution in [1.82, 2.24) is 20.0 Å². The topological polar surface area (TPSA) is 93.2 Å². The molecule has 0 saturated carbocycles. The zero-order valence-corrected chi connectivity index (χ0v) is 16.8. The van der Waals surface area contributed by atoms with E-state index in [0.717, 1.165) is 42.2 Å². The normalized spacial score (nSPS) is 15.3. The molecule has 0 spiro atoms. The molecule has 3 N–H and O–H groups in total. The fourth-order valence-electron chi connectivity index (χ4n) is 3.57. The number of piperidine rings is 1. The van der Waals surface area contributed by atoms with Crippen LogP contribution < -0.4 is 11.1 Å². The molecule has 0 unspecified atom stereocenters. The summed E-state index contributed by atoms with van der Waals surface area (Å²) in [4.78, 5) is 27.2. The fraction of sp³-hybridized carbons (Fsp3) is 0.286. The lowest BCUT2D eigenvalue weighted by molar-refractivity contribution is -0.119. The molecule has 8 heteroatoms. The minimum atomic E-state index is -0.319. The molecule has 1 aromatic carbocycles. The van der Waals surface area contributed by atoms with Crippen LogP contribution in [0.5, 0.6) is 0 Å². The van der Waals surface area contributed by atoms with Crippen LogP contribution in [0.1, 0.15) is 23.3 Å². The van der Waals surface area contributed by atoms with Gasteiger partial charge < -0.3 is 11.1 Å². The van der Waals surface area contributed by atoms with Gasteiger partial charge in [0.15, 0.2) is 0 Å². The summed E-state index contributed by atoms with van der Waals surface area (Å²) >= 11 is 1.59. The quantitative estimate of drug-likeness (QED) is 0.653. The minimum absolute atomic E-state index is 0.0657. The number of nitrogens with two attached hydrogens (primary N) is 1. The van der Waals surface area contributed by atoms with E-state index in [4.69, 9.17) is 5.73 Å². The van der Waals surface area contributed by atoms with Crippen LogP contribution in [-0.4, -0.2) is 52.2 Å². The highest BCUT2D eigenvalue weighted by Crippen LogP contribution is 2.26. The molecule has 0 aliphatic carbocycles. The van der Waals surface area contributed by atoms with Gasteiger partial charge in [0.2, 0.25) is 5.91 Å². The summed E-state index contributed by atoms with van der Waals surface area (Å²) < 4.78 is 1.70. The molecule has 0 atom stereocenters. The molecule has 0 bridgehead atoms. The predicted molar refractivity (Wildman–Crippen MR) is 113 cm³/mol. The number of hydrogen-bond acceptors (Lipinski definition) is 5. The second kappa shape index (κ2) is 8.59. The van der Waals surface area contributed by atoms with Gasteiger partial charge in [-0.1, -0.05) is 24.3 Å². The number of carbonyl (C=O) groups is 2. The Labute approximate surface area is 173 Å². The Kier molecular flexibility index (Phi) is 5.73. The number of hydrogen-bond donors (Lipinski definition) is 2. The predicted octanol–water partition coefficient (Wildman–Crippen LogP) is 2.28. The second-order valence-electron chi connectivity index (χ2n) is 7.13. The van der Waals surface area contributed by atoms with Crippen LogP contribution in [0, 0.1) is 0 Å². The van der Waals surface area contributed by atoms with Crippen molar-refractivity contribution >= 4 is 23.2 Å². The molecule has 1 aliphatic heterocycles. The maximum atomic E-state index is 13.1. The highest BCUT2D eigenvalue weighted by Gasteiger charge is 2.24. The van der Waals surface area contributed by atoms with Gasteiger partial charge in [-0.15, -0.1) is 11.3 Å². The van der Waals surface area contributed by atoms with Crippen LogP contribution in [0.3, 0.4) is 0 Å². The van der Waals surface area contributed by atoms with Gasteiger partial charge in [-0.05, 0) is 42.5 Å². The number of carbonyl (C=O) groups excluding carboxylic acids is 2. The number of nitrogens with one attached hydrogen (secondary N) is 1. The molecule has 29 heavy (non-hydrogen) atoms. The first-order chi connectivity index (χ1) is 14.1. The van der Waals surface area contributed by atoms with Crippen LogP contribution in [-0.2, 0) is 4.79 Å². The van der Waals surface area contributed by atoms with Crippen LogP contribution >= 0.6 is 11.3 Å². The third-order valence-corrected chi connectivity index (χ3v) is 5.91. The molecular formula is C21H23N5O2S. The van der Waals surface area contributed by atoms with Crippen molar-refractivity contribution in [3.8, 4) is 16.3 Å². The summed E-state index contributed by atoms with van der Waals surface area (Å²) in [5.41, 5.74) is 7.41. The van der Waals surface area contributed by atoms with Gasteiger partial charge in [0.25, 0.3) is 5.91 Å². The van der Waals surface area contributed by atoms with E-state index in [0.29, 0.717) is 5.69 Å². The van der Waals surface area contributed by atoms with Gasteiger partial charge in [-0.25, -0.2) is 4.68 Å². The Hall–Kier alpha value is -2.97. The Morgan fingerprint density at radius 2 is 1.90 bits per heavy atom. The first kappa shape index (κ1) is 19.4. The van der Waals surface area contributed by atoms with Gasteiger partial charge in [-0.3, -0.25) is 14.5 Å². The molecule has 2 amide bonds. The minimum Gasteiger partial charge on any atom is -0.369 e. The molecule has 1 aliphatic rings. The number of likely N-dealkylation sites (tertiary alicyclic amines) is 1. The lowest BCUT2D eigenvalue weighted by Crippen LogP contribution is -2.47. The number of primary amides is 1. The maximum absolute atomic E-state index is 13.1. The van der Waals surface area contributed by atoms with Crippen LogP contribution in [0.25, 0.3) is 16.3 Å². The fourth-order valence-corrected chi connectivity index (χ4v) is 4.25. The molecule has 3 heterocycles. The Morgan fingerprint density at radius 3 is 2.55 bits per heavy atom. The molecule has 7 nitrogen and oxygen atoms in total. The van der Waals surface area contributed by atoms with Crippen LogP contribution in [0.2, 0.25) is 0 Å². The SMILES string of the molecule is NC(=O)CN1CCC(NC(=O)c2cc(-c3cccs3)nn2-c2ccccc2)CC1. The van der Waals surface area contributed by atoms with Crippen LogP contribution in [0.4, 0.5) is 0 Å². The summed E-state index contributed by atoms with van der Waals surface area (Å²) in [7, 11) is 0. The first-order valence-electron chi connectivity index (χ1n) is 9.61. The third kappa shape index (κ3) is 4.55. The summed E-state index contributed by atoms with van der Waals surface area (Å²) in [6, 6.07) is 15.5. The summed E-state index contributed by atoms with van der Waals surface area (Å²) in [6.45, 7) is 1.75. The third-order valence-electron chi connectivity index (χ3n) is 5.02. The zero-order valence-electron chi connectivity index (χ0n) is 16.0. The molecule has 3 aromatic rings. The van der Waals surface area contributed by atoms with E-state index in [2.05, 4.69) is 10.4 Å². The van der Waals surface area contributed by atoms with E-state index >= 15 is 0 Å². The van der Waals surface area contributed by atoms with Gasteiger partial charge in [-0.2, -0.15) is 5.10 Å². The van der Waals surface area contributed by atoms with Gasteiger partial charge in [0.05, 0.1) is 17.1 Å². The van der Waals surface area contributed by atoms with Crippen molar-refractivity contribution in [2.75, 3.05) is 19.6 Å². The Balaban J connectivity index is 1.53. The molecule has 4 rings (SSSR count). The number of para-hydroxylation sites is 1. The van der Waals surface area contributed by atoms with E-state index in [1.54, 1.807) is 16.0 Å². The average molecular weight is 410 g/mol. The molecule has 0 radical (unpaired) electrons. The smallest absolute Gasteiger partial charge is 0.270 e. The number of nitrogens with zero attached hydrogens (tertiary/aromatic N) is 3. The first-order valence-corrected chi connectivity index (χ1v) is 10.5. The van der Waals surface area contributed by atoms with Crippen molar-refractivity contribution in [3.63, 3.8) is 0 Å². The van der Waals surface area contributed by atoms with E-state index in [9.17, 15) is 9.59 Å². The maximum Gasteiger partial charge on any atom is 0.270 e. The molecule has 150 valence electrons. The number of rotatable bonds is 6. The summed E-state index contributed by atoms with van der Waals surface area (Å²) in [5.74, 6) is -0.460. The van der Waals surface area contributed by atoms with Gasteiger partial charge in [0, 0.05) is 19.1 Å². The highest BCUT2D eigenvalue weighted by molar-refractivity contribution is 7.13. The lowest BCUT2D eigenvalue weighted by Gasteiger charge is -2.31. The Morgan fingerprint density at radius 1 is 1.14 bits per heavy atom. The van der Waals surface area contributed by atoms with E-state index in [-0.39, 0.29) is 24.4 Å². The lowest BCUT2D eigenvalue weighted by atomic mass is 10.0. The van der Waals surface area contributed by atoms with Crippen LogP contribution in [0.15, 0.2) is 53.9 Å². The van der Waals surface area contributed by atoms with Crippen molar-refractivity contribution in [3.05, 3.63) is 59.6 Å². The number of thiophene rings is 1. The summed E-state index contributed by atoms with van der Waals surface area (Å²) in [5, 5.41) is 9.82. The van der Waals surface area contributed by atoms with Crippen molar-refractivity contribution < 1.29 is 9.59 Å². The van der Waals surface area contributed by atoms with Crippen molar-refractivity contribution in [2.45, 2.75) is 18.9 Å². The largest absolute Gasteiger partial charge is 0.369 e. The van der Waals surface area contributed by atoms with Gasteiger partial charge >= 0.3 is 0 Å².